The minimum Gasteiger partial charge on any atom is -0.494 e. The van der Waals surface area contributed by atoms with Crippen LogP contribution in [0.15, 0.2) is 30.3 Å². The second kappa shape index (κ2) is 9.37. The van der Waals surface area contributed by atoms with Crippen LogP contribution in [0.25, 0.3) is 0 Å². The number of ether oxygens (including phenoxy) is 2. The lowest BCUT2D eigenvalue weighted by atomic mass is 10.3. The van der Waals surface area contributed by atoms with E-state index in [0.29, 0.717) is 19.6 Å². The molecule has 5 nitrogen and oxygen atoms in total. The molecular formula is C16H24N2O3. The van der Waals surface area contributed by atoms with Crippen LogP contribution in [0.4, 0.5) is 0 Å². The summed E-state index contributed by atoms with van der Waals surface area (Å²) in [4.78, 5) is 14.0. The van der Waals surface area contributed by atoms with Crippen LogP contribution >= 0.6 is 0 Å². The molecule has 1 aromatic rings. The van der Waals surface area contributed by atoms with E-state index in [0.717, 1.165) is 45.0 Å². The highest BCUT2D eigenvalue weighted by atomic mass is 16.5. The SMILES string of the molecule is O=C(CCCOc1ccccc1)NCCN1CCOCC1. The van der Waals surface area contributed by atoms with Crippen molar-refractivity contribution in [2.45, 2.75) is 12.8 Å². The Labute approximate surface area is 126 Å². The zero-order chi connectivity index (χ0) is 14.8. The van der Waals surface area contributed by atoms with Crippen molar-refractivity contribution in [1.29, 1.82) is 0 Å². The number of hydrogen-bond acceptors (Lipinski definition) is 4. The molecule has 1 aliphatic rings. The van der Waals surface area contributed by atoms with Crippen molar-refractivity contribution in [2.75, 3.05) is 46.0 Å². The molecule has 1 aliphatic heterocycles. The number of benzene rings is 1. The molecule has 1 aromatic carbocycles. The molecule has 1 N–H and O–H groups in total. The summed E-state index contributed by atoms with van der Waals surface area (Å²) in [6, 6.07) is 9.67. The quantitative estimate of drug-likeness (QED) is 0.734. The number of carbonyl (C=O) groups excluding carboxylic acids is 1. The molecule has 21 heavy (non-hydrogen) atoms. The van der Waals surface area contributed by atoms with Gasteiger partial charge in [0, 0.05) is 32.6 Å². The maximum absolute atomic E-state index is 11.7. The van der Waals surface area contributed by atoms with Crippen molar-refractivity contribution in [2.24, 2.45) is 0 Å². The smallest absolute Gasteiger partial charge is 0.220 e. The highest BCUT2D eigenvalue weighted by Crippen LogP contribution is 2.08. The van der Waals surface area contributed by atoms with E-state index in [1.54, 1.807) is 0 Å². The third-order valence-corrected chi connectivity index (χ3v) is 3.41. The van der Waals surface area contributed by atoms with Gasteiger partial charge in [-0.05, 0) is 18.6 Å². The van der Waals surface area contributed by atoms with Gasteiger partial charge in [-0.3, -0.25) is 9.69 Å². The summed E-state index contributed by atoms with van der Waals surface area (Å²) >= 11 is 0. The molecule has 1 amide bonds. The Morgan fingerprint density at radius 3 is 2.76 bits per heavy atom. The van der Waals surface area contributed by atoms with Gasteiger partial charge in [-0.25, -0.2) is 0 Å². The van der Waals surface area contributed by atoms with Crippen molar-refractivity contribution in [3.63, 3.8) is 0 Å². The Balaban J connectivity index is 1.47. The van der Waals surface area contributed by atoms with Crippen molar-refractivity contribution in [3.05, 3.63) is 30.3 Å². The highest BCUT2D eigenvalue weighted by molar-refractivity contribution is 5.75. The van der Waals surface area contributed by atoms with E-state index in [1.807, 2.05) is 30.3 Å². The van der Waals surface area contributed by atoms with E-state index in [9.17, 15) is 4.79 Å². The maximum atomic E-state index is 11.7. The highest BCUT2D eigenvalue weighted by Gasteiger charge is 2.09. The fraction of sp³-hybridized carbons (Fsp3) is 0.562. The first-order valence-electron chi connectivity index (χ1n) is 7.59. The van der Waals surface area contributed by atoms with E-state index in [4.69, 9.17) is 9.47 Å². The van der Waals surface area contributed by atoms with Gasteiger partial charge in [0.25, 0.3) is 0 Å². The predicted octanol–water partition coefficient (Wildman–Crippen LogP) is 1.29. The molecule has 0 bridgehead atoms. The second-order valence-electron chi connectivity index (χ2n) is 5.07. The molecule has 0 aromatic heterocycles. The van der Waals surface area contributed by atoms with Crippen LogP contribution in [0.3, 0.4) is 0 Å². The molecule has 1 saturated heterocycles. The fourth-order valence-electron chi connectivity index (χ4n) is 2.21. The molecule has 0 radical (unpaired) electrons. The van der Waals surface area contributed by atoms with Gasteiger partial charge in [0.15, 0.2) is 0 Å². The first kappa shape index (κ1) is 15.8. The first-order chi connectivity index (χ1) is 10.3. The molecule has 2 rings (SSSR count). The Bertz CT molecular complexity index is 405. The van der Waals surface area contributed by atoms with E-state index < -0.39 is 0 Å². The summed E-state index contributed by atoms with van der Waals surface area (Å²) in [7, 11) is 0. The third kappa shape index (κ3) is 6.60. The Morgan fingerprint density at radius 1 is 1.24 bits per heavy atom. The minimum absolute atomic E-state index is 0.0971. The van der Waals surface area contributed by atoms with Crippen LogP contribution in [0.2, 0.25) is 0 Å². The van der Waals surface area contributed by atoms with Crippen LogP contribution < -0.4 is 10.1 Å². The predicted molar refractivity (Wildman–Crippen MR) is 81.4 cm³/mol. The number of carbonyl (C=O) groups is 1. The molecule has 1 fully saturated rings. The van der Waals surface area contributed by atoms with Gasteiger partial charge in [0.05, 0.1) is 19.8 Å². The second-order valence-corrected chi connectivity index (χ2v) is 5.07. The lowest BCUT2D eigenvalue weighted by molar-refractivity contribution is -0.121. The molecule has 5 heteroatoms. The van der Waals surface area contributed by atoms with Crippen molar-refractivity contribution >= 4 is 5.91 Å². The van der Waals surface area contributed by atoms with Crippen LogP contribution in [-0.2, 0) is 9.53 Å². The van der Waals surface area contributed by atoms with E-state index in [1.165, 1.54) is 0 Å². The third-order valence-electron chi connectivity index (χ3n) is 3.41. The largest absolute Gasteiger partial charge is 0.494 e. The summed E-state index contributed by atoms with van der Waals surface area (Å²) < 4.78 is 10.8. The Morgan fingerprint density at radius 2 is 2.00 bits per heavy atom. The minimum atomic E-state index is 0.0971. The number of para-hydroxylation sites is 1. The molecule has 0 saturated carbocycles. The lowest BCUT2D eigenvalue weighted by Crippen LogP contribution is -2.41. The first-order valence-corrected chi connectivity index (χ1v) is 7.59. The number of nitrogens with zero attached hydrogens (tertiary/aromatic N) is 1. The standard InChI is InChI=1S/C16H24N2O3/c19-16(17-8-9-18-10-13-20-14-11-18)7-4-12-21-15-5-2-1-3-6-15/h1-3,5-6H,4,7-14H2,(H,17,19). The van der Waals surface area contributed by atoms with Gasteiger partial charge in [-0.1, -0.05) is 18.2 Å². The van der Waals surface area contributed by atoms with Gasteiger partial charge in [0.2, 0.25) is 5.91 Å². The Hall–Kier alpha value is -1.59. The van der Waals surface area contributed by atoms with Crippen LogP contribution in [-0.4, -0.2) is 56.8 Å². The molecule has 0 aliphatic carbocycles. The molecule has 0 unspecified atom stereocenters. The lowest BCUT2D eigenvalue weighted by Gasteiger charge is -2.26. The number of rotatable bonds is 8. The van der Waals surface area contributed by atoms with Gasteiger partial charge in [0.1, 0.15) is 5.75 Å². The summed E-state index contributed by atoms with van der Waals surface area (Å²) in [6.45, 7) is 5.69. The van der Waals surface area contributed by atoms with Crippen molar-refractivity contribution < 1.29 is 14.3 Å². The zero-order valence-corrected chi connectivity index (χ0v) is 12.4. The zero-order valence-electron chi connectivity index (χ0n) is 12.4. The van der Waals surface area contributed by atoms with E-state index in [-0.39, 0.29) is 5.91 Å². The van der Waals surface area contributed by atoms with Gasteiger partial charge in [-0.15, -0.1) is 0 Å². The van der Waals surface area contributed by atoms with Crippen LogP contribution in [0.5, 0.6) is 5.75 Å². The summed E-state index contributed by atoms with van der Waals surface area (Å²) in [5, 5.41) is 2.95. The summed E-state index contributed by atoms with van der Waals surface area (Å²) in [5.41, 5.74) is 0. The normalized spacial score (nSPS) is 15.6. The fourth-order valence-corrected chi connectivity index (χ4v) is 2.21. The molecule has 116 valence electrons. The Kier molecular flexibility index (Phi) is 7.04. The van der Waals surface area contributed by atoms with E-state index in [2.05, 4.69) is 10.2 Å². The van der Waals surface area contributed by atoms with Crippen molar-refractivity contribution in [3.8, 4) is 5.75 Å². The van der Waals surface area contributed by atoms with Gasteiger partial charge in [-0.2, -0.15) is 0 Å². The van der Waals surface area contributed by atoms with Gasteiger partial charge < -0.3 is 14.8 Å². The average Bonchev–Trinajstić information content (AvgIpc) is 2.54. The molecule has 1 heterocycles. The molecular weight excluding hydrogens is 268 g/mol. The summed E-state index contributed by atoms with van der Waals surface area (Å²) in [5.74, 6) is 0.949. The number of morpholine rings is 1. The summed E-state index contributed by atoms with van der Waals surface area (Å²) in [6.07, 6.45) is 1.24. The molecule has 0 spiro atoms. The van der Waals surface area contributed by atoms with Crippen LogP contribution in [0.1, 0.15) is 12.8 Å². The number of amides is 1. The van der Waals surface area contributed by atoms with Crippen LogP contribution in [0, 0.1) is 0 Å². The van der Waals surface area contributed by atoms with E-state index >= 15 is 0 Å². The monoisotopic (exact) mass is 292 g/mol. The topological polar surface area (TPSA) is 50.8 Å². The number of hydrogen-bond donors (Lipinski definition) is 1. The average molecular weight is 292 g/mol. The van der Waals surface area contributed by atoms with Crippen molar-refractivity contribution in [1.82, 2.24) is 10.2 Å². The van der Waals surface area contributed by atoms with Gasteiger partial charge >= 0.3 is 0 Å². The maximum Gasteiger partial charge on any atom is 0.220 e. The molecule has 0 atom stereocenters. The number of nitrogens with one attached hydrogen (secondary N) is 1.